The van der Waals surface area contributed by atoms with Gasteiger partial charge in [0.2, 0.25) is 11.4 Å². The number of hydrogen-bond donors (Lipinski definition) is 0. The standard InChI is InChI=1S/C23H20F2N4O/c24-23(25)9-4-12-28(14-10-23)22-19(15-16-5-1-2-6-17(16)27-22)29-13-8-20(30)21-18(29)7-3-11-26-21/h1-3,5-8,11,13,15H,4,9-10,12,14H2. The van der Waals surface area contributed by atoms with Gasteiger partial charge in [0.05, 0.1) is 16.7 Å². The van der Waals surface area contributed by atoms with E-state index in [2.05, 4.69) is 4.98 Å². The van der Waals surface area contributed by atoms with Gasteiger partial charge in [-0.3, -0.25) is 9.78 Å². The molecule has 0 N–H and O–H groups in total. The molecule has 1 saturated heterocycles. The van der Waals surface area contributed by atoms with E-state index in [1.807, 2.05) is 45.9 Å². The summed E-state index contributed by atoms with van der Waals surface area (Å²) in [5, 5.41) is 0.937. The lowest BCUT2D eigenvalue weighted by Crippen LogP contribution is -2.28. The third-order valence-electron chi connectivity index (χ3n) is 5.62. The highest BCUT2D eigenvalue weighted by Crippen LogP contribution is 2.33. The summed E-state index contributed by atoms with van der Waals surface area (Å²) in [6.45, 7) is 0.728. The quantitative estimate of drug-likeness (QED) is 0.490. The third kappa shape index (κ3) is 3.30. The van der Waals surface area contributed by atoms with Crippen LogP contribution in [0.2, 0.25) is 0 Å². The Hall–Kier alpha value is -3.35. The Labute approximate surface area is 171 Å². The number of aromatic nitrogens is 3. The molecule has 1 fully saturated rings. The highest BCUT2D eigenvalue weighted by Gasteiger charge is 2.32. The summed E-state index contributed by atoms with van der Waals surface area (Å²) >= 11 is 0. The van der Waals surface area contributed by atoms with Crippen molar-refractivity contribution in [2.75, 3.05) is 18.0 Å². The fourth-order valence-corrected chi connectivity index (χ4v) is 4.07. The first-order valence-corrected chi connectivity index (χ1v) is 10.0. The van der Waals surface area contributed by atoms with Crippen LogP contribution in [0.1, 0.15) is 19.3 Å². The van der Waals surface area contributed by atoms with Crippen molar-refractivity contribution in [3.05, 3.63) is 71.1 Å². The molecule has 152 valence electrons. The molecule has 3 aromatic heterocycles. The predicted molar refractivity (Wildman–Crippen MR) is 114 cm³/mol. The zero-order valence-corrected chi connectivity index (χ0v) is 16.3. The van der Waals surface area contributed by atoms with Gasteiger partial charge >= 0.3 is 0 Å². The zero-order valence-electron chi connectivity index (χ0n) is 16.3. The number of benzene rings is 1. The van der Waals surface area contributed by atoms with Gasteiger partial charge in [0.1, 0.15) is 5.52 Å². The minimum Gasteiger partial charge on any atom is -0.355 e. The SMILES string of the molecule is O=c1ccn(-c2cc3ccccc3nc2N2CCCC(F)(F)CC2)c2cccnc12. The molecular weight excluding hydrogens is 386 g/mol. The van der Waals surface area contributed by atoms with Crippen LogP contribution in [0.3, 0.4) is 0 Å². The number of hydrogen-bond acceptors (Lipinski definition) is 4. The number of halogens is 2. The second kappa shape index (κ2) is 7.16. The molecule has 0 spiro atoms. The smallest absolute Gasteiger partial charge is 0.249 e. The molecule has 0 unspecified atom stereocenters. The van der Waals surface area contributed by atoms with E-state index in [1.165, 1.54) is 6.07 Å². The van der Waals surface area contributed by atoms with Gasteiger partial charge in [0.15, 0.2) is 5.82 Å². The van der Waals surface area contributed by atoms with E-state index in [0.717, 1.165) is 16.6 Å². The molecule has 1 aliphatic rings. The van der Waals surface area contributed by atoms with Gasteiger partial charge < -0.3 is 9.47 Å². The molecule has 0 aliphatic carbocycles. The van der Waals surface area contributed by atoms with Gasteiger partial charge in [-0.25, -0.2) is 13.8 Å². The Balaban J connectivity index is 1.75. The number of alkyl halides is 2. The normalized spacial score (nSPS) is 16.7. The Morgan fingerprint density at radius 1 is 1.00 bits per heavy atom. The van der Waals surface area contributed by atoms with E-state index in [4.69, 9.17) is 4.98 Å². The molecule has 5 rings (SSSR count). The van der Waals surface area contributed by atoms with E-state index >= 15 is 0 Å². The maximum Gasteiger partial charge on any atom is 0.249 e. The van der Waals surface area contributed by atoms with E-state index in [0.29, 0.717) is 29.8 Å². The molecule has 0 bridgehead atoms. The fourth-order valence-electron chi connectivity index (χ4n) is 4.07. The number of pyridine rings is 3. The summed E-state index contributed by atoms with van der Waals surface area (Å²) in [6, 6.07) is 14.8. The topological polar surface area (TPSA) is 51.0 Å². The second-order valence-electron chi connectivity index (χ2n) is 7.64. The minimum absolute atomic E-state index is 0.114. The fraction of sp³-hybridized carbons (Fsp3) is 0.261. The van der Waals surface area contributed by atoms with Crippen LogP contribution in [-0.2, 0) is 0 Å². The number of nitrogens with zero attached hydrogens (tertiary/aromatic N) is 4. The monoisotopic (exact) mass is 406 g/mol. The first-order chi connectivity index (χ1) is 14.5. The van der Waals surface area contributed by atoms with Crippen LogP contribution in [0, 0.1) is 0 Å². The maximum atomic E-state index is 14.0. The predicted octanol–water partition coefficient (Wildman–Crippen LogP) is 4.56. The highest BCUT2D eigenvalue weighted by molar-refractivity contribution is 5.86. The Bertz CT molecular complexity index is 1300. The van der Waals surface area contributed by atoms with Crippen molar-refractivity contribution in [2.24, 2.45) is 0 Å². The van der Waals surface area contributed by atoms with E-state index < -0.39 is 5.92 Å². The van der Waals surface area contributed by atoms with Crippen LogP contribution in [0.15, 0.2) is 65.7 Å². The van der Waals surface area contributed by atoms with Gasteiger partial charge in [0.25, 0.3) is 0 Å². The minimum atomic E-state index is -2.65. The van der Waals surface area contributed by atoms with Crippen molar-refractivity contribution < 1.29 is 8.78 Å². The third-order valence-corrected chi connectivity index (χ3v) is 5.62. The van der Waals surface area contributed by atoms with Crippen LogP contribution >= 0.6 is 0 Å². The molecule has 1 aromatic carbocycles. The van der Waals surface area contributed by atoms with Crippen molar-refractivity contribution in [1.29, 1.82) is 0 Å². The number of rotatable bonds is 2. The van der Waals surface area contributed by atoms with E-state index in [9.17, 15) is 13.6 Å². The van der Waals surface area contributed by atoms with Crippen LogP contribution in [-0.4, -0.2) is 33.5 Å². The molecular formula is C23H20F2N4O. The largest absolute Gasteiger partial charge is 0.355 e. The van der Waals surface area contributed by atoms with E-state index in [1.54, 1.807) is 18.5 Å². The molecule has 0 radical (unpaired) electrons. The molecule has 0 amide bonds. The lowest BCUT2D eigenvalue weighted by molar-refractivity contribution is -0.0102. The molecule has 4 heterocycles. The van der Waals surface area contributed by atoms with Crippen molar-refractivity contribution in [2.45, 2.75) is 25.2 Å². The number of fused-ring (bicyclic) bond motifs is 2. The van der Waals surface area contributed by atoms with Gasteiger partial charge in [0, 0.05) is 49.8 Å². The number of para-hydroxylation sites is 1. The molecule has 4 aromatic rings. The van der Waals surface area contributed by atoms with Crippen molar-refractivity contribution in [3.63, 3.8) is 0 Å². The Morgan fingerprint density at radius 3 is 2.77 bits per heavy atom. The lowest BCUT2D eigenvalue weighted by atomic mass is 10.1. The van der Waals surface area contributed by atoms with Gasteiger partial charge in [-0.15, -0.1) is 0 Å². The summed E-state index contributed by atoms with van der Waals surface area (Å²) in [5.41, 5.74) is 2.41. The van der Waals surface area contributed by atoms with Crippen LogP contribution < -0.4 is 10.3 Å². The van der Waals surface area contributed by atoms with Crippen molar-refractivity contribution in [1.82, 2.24) is 14.5 Å². The zero-order chi connectivity index (χ0) is 20.7. The molecule has 30 heavy (non-hydrogen) atoms. The van der Waals surface area contributed by atoms with Gasteiger partial charge in [-0.2, -0.15) is 0 Å². The highest BCUT2D eigenvalue weighted by atomic mass is 19.3. The van der Waals surface area contributed by atoms with E-state index in [-0.39, 0.29) is 24.8 Å². The summed E-state index contributed by atoms with van der Waals surface area (Å²) in [5.74, 6) is -2.01. The van der Waals surface area contributed by atoms with Crippen LogP contribution in [0.5, 0.6) is 0 Å². The molecule has 0 atom stereocenters. The van der Waals surface area contributed by atoms with Crippen LogP contribution in [0.4, 0.5) is 14.6 Å². The van der Waals surface area contributed by atoms with Gasteiger partial charge in [-0.1, -0.05) is 18.2 Å². The van der Waals surface area contributed by atoms with Gasteiger partial charge in [-0.05, 0) is 30.7 Å². The number of anilines is 1. The van der Waals surface area contributed by atoms with Crippen molar-refractivity contribution in [3.8, 4) is 5.69 Å². The van der Waals surface area contributed by atoms with Crippen molar-refractivity contribution >= 4 is 27.8 Å². The summed E-state index contributed by atoms with van der Waals surface area (Å²) in [7, 11) is 0. The lowest BCUT2D eigenvalue weighted by Gasteiger charge is -2.26. The Kier molecular flexibility index (Phi) is 4.46. The summed E-state index contributed by atoms with van der Waals surface area (Å²) in [6.07, 6.45) is 3.37. The van der Waals surface area contributed by atoms with Crippen LogP contribution in [0.25, 0.3) is 27.6 Å². The first-order valence-electron chi connectivity index (χ1n) is 10.0. The molecule has 0 saturated carbocycles. The molecule has 7 heteroatoms. The first kappa shape index (κ1) is 18.7. The Morgan fingerprint density at radius 2 is 1.87 bits per heavy atom. The molecule has 1 aliphatic heterocycles. The second-order valence-corrected chi connectivity index (χ2v) is 7.64. The molecule has 5 nitrogen and oxygen atoms in total. The maximum absolute atomic E-state index is 14.0. The summed E-state index contributed by atoms with van der Waals surface area (Å²) in [4.78, 5) is 23.3. The summed E-state index contributed by atoms with van der Waals surface area (Å²) < 4.78 is 29.9. The average Bonchev–Trinajstić information content (AvgIpc) is 2.94. The average molecular weight is 406 g/mol.